The maximum Gasteiger partial charge on any atom is 0.309 e. The average Bonchev–Trinajstić information content (AvgIpc) is 2.56. The van der Waals surface area contributed by atoms with Gasteiger partial charge in [0.15, 0.2) is 0 Å². The fourth-order valence-corrected chi connectivity index (χ4v) is 6.04. The number of ether oxygens (including phenoxy) is 2. The lowest BCUT2D eigenvalue weighted by Gasteiger charge is -2.35. The minimum atomic E-state index is -1.58. The first kappa shape index (κ1) is 25.8. The number of rotatable bonds is 12. The van der Waals surface area contributed by atoms with Crippen LogP contribution in [0, 0.1) is 0 Å². The number of carboxylic acids is 2. The van der Waals surface area contributed by atoms with E-state index in [0.717, 1.165) is 12.2 Å². The topological polar surface area (TPSA) is 168 Å². The number of carbonyl (C=O) groups excluding carboxylic acids is 2. The quantitative estimate of drug-likeness (QED) is 0.231. The molecule has 2 fully saturated rings. The van der Waals surface area contributed by atoms with E-state index >= 15 is 0 Å². The van der Waals surface area contributed by atoms with Gasteiger partial charge in [-0.05, 0) is 30.1 Å². The summed E-state index contributed by atoms with van der Waals surface area (Å²) in [5.41, 5.74) is -3.72. The molecule has 4 N–H and O–H groups in total. The number of carboxylic acid groups (broad SMARTS) is 2. The third kappa shape index (κ3) is 9.26. The number of esters is 2. The lowest BCUT2D eigenvalue weighted by molar-refractivity contribution is -0.174. The van der Waals surface area contributed by atoms with Crippen molar-refractivity contribution in [3.8, 4) is 0 Å². The zero-order valence-electron chi connectivity index (χ0n) is 17.0. The van der Waals surface area contributed by atoms with Gasteiger partial charge in [-0.1, -0.05) is 0 Å². The second-order valence-electron chi connectivity index (χ2n) is 8.01. The summed E-state index contributed by atoms with van der Waals surface area (Å²) < 4.78 is 10.4. The van der Waals surface area contributed by atoms with Gasteiger partial charge in [-0.3, -0.25) is 19.2 Å². The highest BCUT2D eigenvalue weighted by molar-refractivity contribution is 8.00. The van der Waals surface area contributed by atoms with Gasteiger partial charge in [-0.15, -0.1) is 11.8 Å². The highest BCUT2D eigenvalue weighted by atomic mass is 32.2. The third-order valence-electron chi connectivity index (χ3n) is 4.94. The van der Waals surface area contributed by atoms with Crippen LogP contribution in [0.3, 0.4) is 0 Å². The Balaban J connectivity index is 1.62. The van der Waals surface area contributed by atoms with Crippen molar-refractivity contribution >= 4 is 47.4 Å². The van der Waals surface area contributed by atoms with Gasteiger partial charge in [0.1, 0.15) is 11.5 Å². The zero-order valence-corrected chi connectivity index (χ0v) is 18.6. The summed E-state index contributed by atoms with van der Waals surface area (Å²) in [6.45, 7) is 0. The number of aliphatic hydroxyl groups is 2. The maximum absolute atomic E-state index is 11.7. The number of aliphatic carboxylic acids is 2. The van der Waals surface area contributed by atoms with Crippen LogP contribution in [0.2, 0.25) is 0 Å². The molecule has 0 aromatic rings. The SMILES string of the molecule is O=C(O)CC1(O)CC(=O)OC(CCSCCCSC2CC(O)(CC(=O)O)CC(=O)O2)C1. The first-order valence-corrected chi connectivity index (χ1v) is 12.2. The molecule has 12 heteroatoms. The van der Waals surface area contributed by atoms with Crippen molar-refractivity contribution in [2.24, 2.45) is 0 Å². The molecule has 0 radical (unpaired) electrons. The van der Waals surface area contributed by atoms with E-state index in [9.17, 15) is 29.4 Å². The standard InChI is InChI=1S/C19H28O10S2/c20-13(21)7-18(26)6-12(28-15(24)9-18)2-5-30-3-1-4-31-17-11-19(27,8-14(22)23)10-16(25)29-17/h12,17,26-27H,1-11H2,(H,20,21)(H,22,23). The Morgan fingerprint density at radius 3 is 2.10 bits per heavy atom. The Labute approximate surface area is 188 Å². The summed E-state index contributed by atoms with van der Waals surface area (Å²) in [6.07, 6.45) is -0.655. The molecule has 4 unspecified atom stereocenters. The molecule has 0 spiro atoms. The van der Waals surface area contributed by atoms with Gasteiger partial charge in [0.05, 0.1) is 36.9 Å². The van der Waals surface area contributed by atoms with Gasteiger partial charge in [-0.25, -0.2) is 0 Å². The van der Waals surface area contributed by atoms with Gasteiger partial charge in [0.25, 0.3) is 0 Å². The number of cyclic esters (lactones) is 2. The van der Waals surface area contributed by atoms with Gasteiger partial charge in [0, 0.05) is 12.8 Å². The lowest BCUT2D eigenvalue weighted by Crippen LogP contribution is -2.44. The maximum atomic E-state index is 11.7. The van der Waals surface area contributed by atoms with Crippen LogP contribution in [0.1, 0.15) is 51.4 Å². The number of hydrogen-bond donors (Lipinski definition) is 4. The highest BCUT2D eigenvalue weighted by Crippen LogP contribution is 2.34. The van der Waals surface area contributed by atoms with Crippen LogP contribution in [0.15, 0.2) is 0 Å². The Morgan fingerprint density at radius 2 is 1.48 bits per heavy atom. The Bertz CT molecular complexity index is 623. The molecular weight excluding hydrogens is 452 g/mol. The van der Waals surface area contributed by atoms with Crippen LogP contribution in [-0.4, -0.2) is 84.3 Å². The summed E-state index contributed by atoms with van der Waals surface area (Å²) >= 11 is 2.98. The van der Waals surface area contributed by atoms with Crippen molar-refractivity contribution in [3.63, 3.8) is 0 Å². The number of carbonyl (C=O) groups is 4. The molecule has 2 rings (SSSR count). The molecule has 2 heterocycles. The monoisotopic (exact) mass is 480 g/mol. The van der Waals surface area contributed by atoms with Crippen molar-refractivity contribution < 1.29 is 49.1 Å². The molecule has 2 aliphatic heterocycles. The molecule has 0 saturated carbocycles. The molecule has 0 aromatic heterocycles. The van der Waals surface area contributed by atoms with E-state index in [0.29, 0.717) is 17.9 Å². The van der Waals surface area contributed by atoms with E-state index in [1.165, 1.54) is 11.8 Å². The van der Waals surface area contributed by atoms with Crippen LogP contribution in [0.5, 0.6) is 0 Å². The van der Waals surface area contributed by atoms with Gasteiger partial charge >= 0.3 is 23.9 Å². The van der Waals surface area contributed by atoms with Gasteiger partial charge in [-0.2, -0.15) is 11.8 Å². The highest BCUT2D eigenvalue weighted by Gasteiger charge is 2.42. The largest absolute Gasteiger partial charge is 0.481 e. The van der Waals surface area contributed by atoms with Crippen molar-refractivity contribution in [3.05, 3.63) is 0 Å². The predicted octanol–water partition coefficient (Wildman–Crippen LogP) is 1.01. The van der Waals surface area contributed by atoms with Gasteiger partial charge in [0.2, 0.25) is 0 Å². The first-order valence-electron chi connectivity index (χ1n) is 9.95. The molecule has 176 valence electrons. The summed E-state index contributed by atoms with van der Waals surface area (Å²) in [6, 6.07) is 0. The van der Waals surface area contributed by atoms with Crippen molar-refractivity contribution in [1.29, 1.82) is 0 Å². The Morgan fingerprint density at radius 1 is 0.903 bits per heavy atom. The van der Waals surface area contributed by atoms with E-state index in [4.69, 9.17) is 19.7 Å². The number of thioether (sulfide) groups is 2. The summed E-state index contributed by atoms with van der Waals surface area (Å²) in [5.74, 6) is -1.41. The zero-order chi connectivity index (χ0) is 23.1. The predicted molar refractivity (Wildman–Crippen MR) is 112 cm³/mol. The Hall–Kier alpha value is -1.50. The molecule has 2 saturated heterocycles. The summed E-state index contributed by atoms with van der Waals surface area (Å²) in [7, 11) is 0. The smallest absolute Gasteiger partial charge is 0.309 e. The second kappa shape index (κ2) is 11.4. The molecule has 0 aromatic carbocycles. The lowest BCUT2D eigenvalue weighted by atomic mass is 9.86. The molecule has 10 nitrogen and oxygen atoms in total. The normalized spacial score (nSPS) is 31.0. The van der Waals surface area contributed by atoms with Crippen molar-refractivity contribution in [2.75, 3.05) is 17.3 Å². The third-order valence-corrected chi connectivity index (χ3v) is 7.20. The Kier molecular flexibility index (Phi) is 9.46. The second-order valence-corrected chi connectivity index (χ2v) is 10.5. The first-order chi connectivity index (χ1) is 14.5. The van der Waals surface area contributed by atoms with Crippen LogP contribution < -0.4 is 0 Å². The molecule has 0 aliphatic carbocycles. The van der Waals surface area contributed by atoms with Gasteiger partial charge < -0.3 is 29.9 Å². The average molecular weight is 481 g/mol. The van der Waals surface area contributed by atoms with E-state index < -0.39 is 59.5 Å². The van der Waals surface area contributed by atoms with E-state index in [1.54, 1.807) is 11.8 Å². The fraction of sp³-hybridized carbons (Fsp3) is 0.789. The molecule has 0 bridgehead atoms. The summed E-state index contributed by atoms with van der Waals surface area (Å²) in [4.78, 5) is 45.0. The summed E-state index contributed by atoms with van der Waals surface area (Å²) in [5, 5.41) is 38.4. The van der Waals surface area contributed by atoms with E-state index in [-0.39, 0.29) is 25.7 Å². The van der Waals surface area contributed by atoms with Crippen LogP contribution in [0.4, 0.5) is 0 Å². The minimum absolute atomic E-state index is 0.0785. The molecular formula is C19H28O10S2. The van der Waals surface area contributed by atoms with Crippen LogP contribution >= 0.6 is 23.5 Å². The molecule has 4 atom stereocenters. The van der Waals surface area contributed by atoms with Crippen LogP contribution in [0.25, 0.3) is 0 Å². The fourth-order valence-electron chi connectivity index (χ4n) is 3.69. The van der Waals surface area contributed by atoms with Crippen molar-refractivity contribution in [2.45, 2.75) is 74.1 Å². The molecule has 2 aliphatic rings. The number of hydrogen-bond acceptors (Lipinski definition) is 10. The van der Waals surface area contributed by atoms with Crippen LogP contribution in [-0.2, 0) is 28.7 Å². The minimum Gasteiger partial charge on any atom is -0.481 e. The van der Waals surface area contributed by atoms with E-state index in [1.807, 2.05) is 0 Å². The van der Waals surface area contributed by atoms with Crippen molar-refractivity contribution in [1.82, 2.24) is 0 Å². The van der Waals surface area contributed by atoms with E-state index in [2.05, 4.69) is 0 Å². The molecule has 0 amide bonds. The molecule has 31 heavy (non-hydrogen) atoms.